The fraction of sp³-hybridized carbons (Fsp3) is 0.0909. The number of benzene rings is 1. The van der Waals surface area contributed by atoms with E-state index in [-0.39, 0.29) is 5.12 Å². The summed E-state index contributed by atoms with van der Waals surface area (Å²) in [7, 11) is 0. The molecule has 0 heterocycles. The van der Waals surface area contributed by atoms with Gasteiger partial charge in [0.05, 0.1) is 0 Å². The molecule has 0 spiro atoms. The number of carbonyl (C=O) groups excluding carboxylic acids is 1. The van der Waals surface area contributed by atoms with Crippen molar-refractivity contribution in [1.29, 1.82) is 0 Å². The Morgan fingerprint density at radius 1 is 1.46 bits per heavy atom. The van der Waals surface area contributed by atoms with Gasteiger partial charge in [0.15, 0.2) is 0 Å². The highest BCUT2D eigenvalue weighted by atomic mass is 32.2. The van der Waals surface area contributed by atoms with E-state index in [1.807, 2.05) is 30.3 Å². The van der Waals surface area contributed by atoms with Crippen molar-refractivity contribution in [3.05, 3.63) is 54.3 Å². The lowest BCUT2D eigenvalue weighted by atomic mass is 10.2. The largest absolute Gasteiger partial charge is 0.282 e. The maximum absolute atomic E-state index is 11.0. The van der Waals surface area contributed by atoms with Gasteiger partial charge in [-0.25, -0.2) is 0 Å². The second-order valence-corrected chi connectivity index (χ2v) is 3.42. The second kappa shape index (κ2) is 5.41. The summed E-state index contributed by atoms with van der Waals surface area (Å²) in [5.74, 6) is 0.706. The maximum atomic E-state index is 11.0. The van der Waals surface area contributed by atoms with Gasteiger partial charge in [-0.15, -0.1) is 5.73 Å². The van der Waals surface area contributed by atoms with Crippen molar-refractivity contribution < 1.29 is 4.79 Å². The van der Waals surface area contributed by atoms with Crippen LogP contribution in [0.5, 0.6) is 0 Å². The van der Waals surface area contributed by atoms with Crippen LogP contribution in [0.4, 0.5) is 0 Å². The summed E-state index contributed by atoms with van der Waals surface area (Å²) in [4.78, 5) is 11.0. The molecular weight excluding hydrogens is 180 g/mol. The highest BCUT2D eigenvalue weighted by Gasteiger charge is 1.97. The van der Waals surface area contributed by atoms with Gasteiger partial charge in [-0.2, -0.15) is 0 Å². The Balaban J connectivity index is 2.44. The van der Waals surface area contributed by atoms with Crippen LogP contribution in [0.15, 0.2) is 48.7 Å². The molecular formula is C11H10OS. The number of thioether (sulfide) groups is 1. The summed E-state index contributed by atoms with van der Waals surface area (Å²) < 4.78 is 0. The van der Waals surface area contributed by atoms with E-state index in [4.69, 9.17) is 0 Å². The summed E-state index contributed by atoms with van der Waals surface area (Å²) in [5, 5.41) is -0.00106. The molecule has 0 unspecified atom stereocenters. The Hall–Kier alpha value is -1.24. The molecule has 0 bridgehead atoms. The maximum Gasteiger partial charge on any atom is 0.220 e. The van der Waals surface area contributed by atoms with Crippen LogP contribution in [0, 0.1) is 0 Å². The Kier molecular flexibility index (Phi) is 4.10. The fourth-order valence-corrected chi connectivity index (χ4v) is 1.52. The molecule has 0 aliphatic rings. The van der Waals surface area contributed by atoms with Crippen molar-refractivity contribution in [2.75, 3.05) is 0 Å². The van der Waals surface area contributed by atoms with E-state index < -0.39 is 0 Å². The SMILES string of the molecule is C=C=CC(=O)SCc1ccccc1. The highest BCUT2D eigenvalue weighted by molar-refractivity contribution is 8.13. The van der Waals surface area contributed by atoms with Crippen LogP contribution < -0.4 is 0 Å². The van der Waals surface area contributed by atoms with Gasteiger partial charge >= 0.3 is 0 Å². The molecule has 0 atom stereocenters. The number of carbonyl (C=O) groups is 1. The standard InChI is InChI=1S/C11H10OS/c1-2-6-11(12)13-9-10-7-4-3-5-8-10/h3-8H,1,9H2. The molecule has 1 rings (SSSR count). The first-order valence-electron chi connectivity index (χ1n) is 3.89. The Morgan fingerprint density at radius 3 is 2.77 bits per heavy atom. The van der Waals surface area contributed by atoms with Crippen molar-refractivity contribution in [3.63, 3.8) is 0 Å². The molecule has 0 aliphatic heterocycles. The zero-order valence-electron chi connectivity index (χ0n) is 7.19. The van der Waals surface area contributed by atoms with Crippen molar-refractivity contribution in [2.24, 2.45) is 0 Å². The van der Waals surface area contributed by atoms with Crippen LogP contribution >= 0.6 is 11.8 Å². The molecule has 66 valence electrons. The molecule has 0 aromatic heterocycles. The van der Waals surface area contributed by atoms with Gasteiger partial charge in [-0.05, 0) is 5.56 Å². The lowest BCUT2D eigenvalue weighted by molar-refractivity contribution is -0.107. The van der Waals surface area contributed by atoms with Crippen LogP contribution in [-0.2, 0) is 10.5 Å². The summed E-state index contributed by atoms with van der Waals surface area (Å²) in [6.45, 7) is 3.34. The first-order valence-corrected chi connectivity index (χ1v) is 4.88. The molecule has 0 saturated heterocycles. The smallest absolute Gasteiger partial charge is 0.220 e. The van der Waals surface area contributed by atoms with Crippen LogP contribution in [-0.4, -0.2) is 5.12 Å². The summed E-state index contributed by atoms with van der Waals surface area (Å²) >= 11 is 1.26. The van der Waals surface area contributed by atoms with E-state index in [1.165, 1.54) is 17.8 Å². The Bertz CT molecular complexity index is 323. The predicted molar refractivity (Wildman–Crippen MR) is 56.5 cm³/mol. The molecule has 1 aromatic carbocycles. The van der Waals surface area contributed by atoms with Crippen LogP contribution in [0.3, 0.4) is 0 Å². The number of hydrogen-bond acceptors (Lipinski definition) is 2. The van der Waals surface area contributed by atoms with E-state index in [0.29, 0.717) is 5.75 Å². The summed E-state index contributed by atoms with van der Waals surface area (Å²) in [6.07, 6.45) is 1.35. The van der Waals surface area contributed by atoms with Crippen LogP contribution in [0.2, 0.25) is 0 Å². The van der Waals surface area contributed by atoms with E-state index in [2.05, 4.69) is 12.3 Å². The van der Waals surface area contributed by atoms with Crippen LogP contribution in [0.1, 0.15) is 5.56 Å². The predicted octanol–water partition coefficient (Wildman–Crippen LogP) is 2.79. The third-order valence-corrected chi connectivity index (χ3v) is 2.32. The molecule has 13 heavy (non-hydrogen) atoms. The highest BCUT2D eigenvalue weighted by Crippen LogP contribution is 2.12. The first kappa shape index (κ1) is 9.85. The molecule has 1 aromatic rings. The van der Waals surface area contributed by atoms with Crippen molar-refractivity contribution in [1.82, 2.24) is 0 Å². The van der Waals surface area contributed by atoms with E-state index in [0.717, 1.165) is 5.56 Å². The van der Waals surface area contributed by atoms with Crippen molar-refractivity contribution in [2.45, 2.75) is 5.75 Å². The van der Waals surface area contributed by atoms with Gasteiger partial charge in [0, 0.05) is 11.8 Å². The van der Waals surface area contributed by atoms with E-state index >= 15 is 0 Å². The lowest BCUT2D eigenvalue weighted by Gasteiger charge is -1.96. The van der Waals surface area contributed by atoms with Crippen molar-refractivity contribution in [3.8, 4) is 0 Å². The van der Waals surface area contributed by atoms with Gasteiger partial charge in [0.25, 0.3) is 0 Å². The van der Waals surface area contributed by atoms with E-state index in [1.54, 1.807) is 0 Å². The molecule has 0 radical (unpaired) electrons. The summed E-state index contributed by atoms with van der Waals surface area (Å²) in [6, 6.07) is 9.88. The molecule has 0 amide bonds. The minimum atomic E-state index is -0.00106. The molecule has 0 N–H and O–H groups in total. The average Bonchev–Trinajstić information content (AvgIpc) is 2.17. The normalized spacial score (nSPS) is 8.92. The minimum Gasteiger partial charge on any atom is -0.282 e. The van der Waals surface area contributed by atoms with Crippen molar-refractivity contribution >= 4 is 16.9 Å². The fourth-order valence-electron chi connectivity index (χ4n) is 0.854. The molecule has 1 nitrogen and oxygen atoms in total. The van der Waals surface area contributed by atoms with Gasteiger partial charge in [0.1, 0.15) is 0 Å². The van der Waals surface area contributed by atoms with Crippen LogP contribution in [0.25, 0.3) is 0 Å². The summed E-state index contributed by atoms with van der Waals surface area (Å²) in [5.41, 5.74) is 3.61. The second-order valence-electron chi connectivity index (χ2n) is 2.44. The van der Waals surface area contributed by atoms with Gasteiger partial charge in [0.2, 0.25) is 5.12 Å². The monoisotopic (exact) mass is 190 g/mol. The minimum absolute atomic E-state index is 0.00106. The quantitative estimate of drug-likeness (QED) is 0.538. The van der Waals surface area contributed by atoms with Gasteiger partial charge in [-0.1, -0.05) is 48.7 Å². The third-order valence-electron chi connectivity index (χ3n) is 1.44. The zero-order valence-corrected chi connectivity index (χ0v) is 8.01. The third kappa shape index (κ3) is 3.79. The molecule has 0 saturated carbocycles. The lowest BCUT2D eigenvalue weighted by Crippen LogP contribution is -1.86. The van der Waals surface area contributed by atoms with Gasteiger partial charge < -0.3 is 0 Å². The first-order chi connectivity index (χ1) is 6.33. The van der Waals surface area contributed by atoms with Gasteiger partial charge in [-0.3, -0.25) is 4.79 Å². The molecule has 0 aliphatic carbocycles. The Labute approximate surface area is 82.2 Å². The van der Waals surface area contributed by atoms with E-state index in [9.17, 15) is 4.79 Å². The zero-order chi connectivity index (χ0) is 9.52. The topological polar surface area (TPSA) is 17.1 Å². The Morgan fingerprint density at radius 2 is 2.15 bits per heavy atom. The molecule has 2 heteroatoms. The number of hydrogen-bond donors (Lipinski definition) is 0. The average molecular weight is 190 g/mol. The molecule has 0 fully saturated rings. The number of rotatable bonds is 3.